The fourth-order valence-corrected chi connectivity index (χ4v) is 2.91. The molecule has 2 aromatic rings. The summed E-state index contributed by atoms with van der Waals surface area (Å²) >= 11 is 5.99. The van der Waals surface area contributed by atoms with Crippen LogP contribution in [-0.2, 0) is 9.53 Å². The zero-order valence-corrected chi connectivity index (χ0v) is 15.0. The van der Waals surface area contributed by atoms with Crippen molar-refractivity contribution in [2.24, 2.45) is 0 Å². The third-order valence-electron chi connectivity index (χ3n) is 4.12. The lowest BCUT2D eigenvalue weighted by Crippen LogP contribution is -2.24. The molecule has 2 heterocycles. The third kappa shape index (κ3) is 3.36. The summed E-state index contributed by atoms with van der Waals surface area (Å²) < 4.78 is 5.48. The van der Waals surface area contributed by atoms with E-state index >= 15 is 0 Å². The summed E-state index contributed by atoms with van der Waals surface area (Å²) in [6.07, 6.45) is 1.71. The number of anilines is 1. The molecule has 0 saturated heterocycles. The molecule has 1 atom stereocenters. The molecule has 1 aliphatic heterocycles. The molecule has 1 aromatic heterocycles. The van der Waals surface area contributed by atoms with E-state index in [4.69, 9.17) is 16.3 Å². The number of fused-ring (bicyclic) bond motifs is 1. The minimum Gasteiger partial charge on any atom is -0.481 e. The Bertz CT molecular complexity index is 894. The fourth-order valence-electron chi connectivity index (χ4n) is 2.82. The van der Waals surface area contributed by atoms with E-state index in [9.17, 15) is 9.90 Å². The van der Waals surface area contributed by atoms with Crippen LogP contribution in [0.1, 0.15) is 24.2 Å². The minimum atomic E-state index is -1.20. The largest absolute Gasteiger partial charge is 0.481 e. The molecular weight excluding hydrogens is 354 g/mol. The number of carbonyl (C=O) groups is 1. The van der Waals surface area contributed by atoms with Crippen molar-refractivity contribution >= 4 is 23.3 Å². The first-order valence-electron chi connectivity index (χ1n) is 7.94. The first-order chi connectivity index (χ1) is 12.5. The Morgan fingerprint density at radius 1 is 1.23 bits per heavy atom. The number of carboxylic acids is 1. The highest BCUT2D eigenvalue weighted by Crippen LogP contribution is 2.34. The van der Waals surface area contributed by atoms with Gasteiger partial charge in [0, 0.05) is 23.0 Å². The van der Waals surface area contributed by atoms with E-state index in [1.54, 1.807) is 13.1 Å². The van der Waals surface area contributed by atoms with Gasteiger partial charge >= 0.3 is 5.97 Å². The van der Waals surface area contributed by atoms with Crippen molar-refractivity contribution in [2.45, 2.75) is 13.0 Å². The van der Waals surface area contributed by atoms with E-state index in [0.717, 1.165) is 16.9 Å². The Morgan fingerprint density at radius 2 is 1.96 bits per heavy atom. The summed E-state index contributed by atoms with van der Waals surface area (Å²) in [5.74, 6) is -0.821. The van der Waals surface area contributed by atoms with E-state index in [0.29, 0.717) is 17.2 Å². The van der Waals surface area contributed by atoms with E-state index in [-0.39, 0.29) is 11.1 Å². The number of benzene rings is 1. The van der Waals surface area contributed by atoms with Gasteiger partial charge < -0.3 is 20.5 Å². The van der Waals surface area contributed by atoms with Crippen LogP contribution >= 0.6 is 11.6 Å². The van der Waals surface area contributed by atoms with Crippen molar-refractivity contribution in [1.29, 1.82) is 0 Å². The summed E-state index contributed by atoms with van der Waals surface area (Å²) in [5, 5.41) is 15.5. The Morgan fingerprint density at radius 3 is 2.62 bits per heavy atom. The number of methoxy groups -OCH3 is 1. The van der Waals surface area contributed by atoms with Gasteiger partial charge in [-0.1, -0.05) is 35.9 Å². The summed E-state index contributed by atoms with van der Waals surface area (Å²) in [5.41, 5.74) is 3.40. The number of allylic oxidation sites excluding steroid dienone is 1. The van der Waals surface area contributed by atoms with Gasteiger partial charge in [-0.2, -0.15) is 0 Å². The standard InChI is InChI=1S/C19H18ClN3O3/c1-11(15(20)19(24)25)16-18(26-2)22-13-8-4-3-7-12(13)17(23-16)14-9-5-6-10-21-14/h3-10,17,22-23H,1-2H3,(H,24,25). The van der Waals surface area contributed by atoms with Crippen molar-refractivity contribution in [3.63, 3.8) is 0 Å². The van der Waals surface area contributed by atoms with Gasteiger partial charge in [0.15, 0.2) is 0 Å². The van der Waals surface area contributed by atoms with Gasteiger partial charge in [-0.3, -0.25) is 4.98 Å². The number of carboxylic acid groups (broad SMARTS) is 1. The van der Waals surface area contributed by atoms with Gasteiger partial charge in [-0.15, -0.1) is 0 Å². The number of hydrogen-bond donors (Lipinski definition) is 3. The van der Waals surface area contributed by atoms with Crippen molar-refractivity contribution in [2.75, 3.05) is 12.4 Å². The van der Waals surface area contributed by atoms with Crippen molar-refractivity contribution in [3.05, 3.63) is 82.1 Å². The number of rotatable bonds is 4. The molecule has 0 radical (unpaired) electrons. The Labute approximate surface area is 156 Å². The van der Waals surface area contributed by atoms with Crippen molar-refractivity contribution in [1.82, 2.24) is 10.3 Å². The summed E-state index contributed by atoms with van der Waals surface area (Å²) in [7, 11) is 1.51. The van der Waals surface area contributed by atoms with E-state index < -0.39 is 5.97 Å². The van der Waals surface area contributed by atoms with Crippen LogP contribution in [0.25, 0.3) is 0 Å². The zero-order chi connectivity index (χ0) is 18.7. The number of ether oxygens (including phenoxy) is 1. The van der Waals surface area contributed by atoms with Crippen molar-refractivity contribution < 1.29 is 14.6 Å². The molecule has 3 rings (SSSR count). The van der Waals surface area contributed by atoms with Crippen LogP contribution in [0.5, 0.6) is 0 Å². The number of pyridine rings is 1. The topological polar surface area (TPSA) is 83.5 Å². The molecule has 0 fully saturated rings. The number of para-hydroxylation sites is 1. The number of hydrogen-bond acceptors (Lipinski definition) is 5. The summed E-state index contributed by atoms with van der Waals surface area (Å²) in [6.45, 7) is 1.63. The summed E-state index contributed by atoms with van der Waals surface area (Å²) in [6, 6.07) is 13.1. The molecule has 0 bridgehead atoms. The molecule has 0 amide bonds. The molecule has 3 N–H and O–H groups in total. The number of aromatic nitrogens is 1. The highest BCUT2D eigenvalue weighted by Gasteiger charge is 2.27. The lowest BCUT2D eigenvalue weighted by atomic mass is 10.0. The molecule has 0 aliphatic carbocycles. The molecular formula is C19H18ClN3O3. The average Bonchev–Trinajstić information content (AvgIpc) is 2.84. The average molecular weight is 372 g/mol. The lowest BCUT2D eigenvalue weighted by molar-refractivity contribution is -0.131. The molecule has 7 heteroatoms. The van der Waals surface area contributed by atoms with Crippen LogP contribution < -0.4 is 10.6 Å². The van der Waals surface area contributed by atoms with Crippen LogP contribution in [-0.4, -0.2) is 23.2 Å². The second kappa shape index (κ2) is 7.49. The fraction of sp³-hybridized carbons (Fsp3) is 0.158. The predicted molar refractivity (Wildman–Crippen MR) is 99.5 cm³/mol. The highest BCUT2D eigenvalue weighted by molar-refractivity contribution is 6.41. The molecule has 6 nitrogen and oxygen atoms in total. The molecule has 134 valence electrons. The Balaban J connectivity index is 2.19. The van der Waals surface area contributed by atoms with Crippen molar-refractivity contribution in [3.8, 4) is 0 Å². The monoisotopic (exact) mass is 371 g/mol. The van der Waals surface area contributed by atoms with Crippen LogP contribution in [0.4, 0.5) is 5.69 Å². The maximum atomic E-state index is 11.3. The third-order valence-corrected chi connectivity index (χ3v) is 4.56. The van der Waals surface area contributed by atoms with Gasteiger partial charge in [0.2, 0.25) is 5.88 Å². The second-order valence-electron chi connectivity index (χ2n) is 5.70. The van der Waals surface area contributed by atoms with E-state index in [1.807, 2.05) is 42.5 Å². The maximum absolute atomic E-state index is 11.3. The SMILES string of the molecule is COC1=C(C(C)=C(Cl)C(=O)O)NC(c2ccccn2)c2ccccc2N1. The van der Waals surface area contributed by atoms with Crippen LogP contribution in [0, 0.1) is 0 Å². The normalized spacial score (nSPS) is 17.3. The van der Waals surface area contributed by atoms with E-state index in [2.05, 4.69) is 15.6 Å². The smallest absolute Gasteiger partial charge is 0.347 e. The molecule has 26 heavy (non-hydrogen) atoms. The first kappa shape index (κ1) is 17.8. The minimum absolute atomic E-state index is 0.283. The predicted octanol–water partition coefficient (Wildman–Crippen LogP) is 3.60. The highest BCUT2D eigenvalue weighted by atomic mass is 35.5. The molecule has 1 aromatic carbocycles. The first-order valence-corrected chi connectivity index (χ1v) is 8.32. The van der Waals surface area contributed by atoms with Gasteiger partial charge in [0.1, 0.15) is 10.7 Å². The quantitative estimate of drug-likeness (QED) is 0.712. The number of nitrogens with one attached hydrogen (secondary N) is 2. The van der Waals surface area contributed by atoms with Crippen LogP contribution in [0.2, 0.25) is 0 Å². The Kier molecular flexibility index (Phi) is 5.14. The number of halogens is 1. The van der Waals surface area contributed by atoms with E-state index in [1.165, 1.54) is 7.11 Å². The number of aliphatic carboxylic acids is 1. The van der Waals surface area contributed by atoms with Gasteiger partial charge in [-0.25, -0.2) is 4.79 Å². The maximum Gasteiger partial charge on any atom is 0.347 e. The molecule has 0 spiro atoms. The number of nitrogens with zero attached hydrogens (tertiary/aromatic N) is 1. The molecule has 1 unspecified atom stereocenters. The van der Waals surface area contributed by atoms with Gasteiger partial charge in [0.05, 0.1) is 18.8 Å². The Hall–Kier alpha value is -2.99. The van der Waals surface area contributed by atoms with Crippen LogP contribution in [0.15, 0.2) is 70.8 Å². The lowest BCUT2D eigenvalue weighted by Gasteiger charge is -2.21. The molecule has 1 aliphatic rings. The zero-order valence-electron chi connectivity index (χ0n) is 14.3. The second-order valence-corrected chi connectivity index (χ2v) is 6.07. The van der Waals surface area contributed by atoms with Gasteiger partial charge in [-0.05, 0) is 25.1 Å². The summed E-state index contributed by atoms with van der Waals surface area (Å²) in [4.78, 5) is 15.8. The molecule has 0 saturated carbocycles. The van der Waals surface area contributed by atoms with Crippen LogP contribution in [0.3, 0.4) is 0 Å². The van der Waals surface area contributed by atoms with Gasteiger partial charge in [0.25, 0.3) is 0 Å².